The van der Waals surface area contributed by atoms with Gasteiger partial charge in [0.25, 0.3) is 12.3 Å². The van der Waals surface area contributed by atoms with Crippen molar-refractivity contribution in [1.82, 2.24) is 5.32 Å². The van der Waals surface area contributed by atoms with Crippen molar-refractivity contribution in [1.29, 1.82) is 0 Å². The highest BCUT2D eigenvalue weighted by Crippen LogP contribution is 2.40. The van der Waals surface area contributed by atoms with Crippen LogP contribution in [0.1, 0.15) is 12.5 Å². The zero-order valence-electron chi connectivity index (χ0n) is 13.9. The topological polar surface area (TPSA) is 164 Å². The number of halogens is 1. The molecule has 0 saturated heterocycles. The Morgan fingerprint density at radius 3 is 2.27 bits per heavy atom. The molecule has 0 aliphatic rings. The molecule has 1 rings (SSSR count). The smallest absolute Gasteiger partial charge is 0.414 e. The molecule has 0 spiro atoms. The largest absolute Gasteiger partial charge is 0.496 e. The predicted octanol–water partition coefficient (Wildman–Crippen LogP) is -0.513. The van der Waals surface area contributed by atoms with E-state index in [0.717, 1.165) is 13.0 Å². The monoisotopic (exact) mass is 439 g/mol. The number of amides is 1. The van der Waals surface area contributed by atoms with Crippen LogP contribution >= 0.6 is 15.9 Å². The molecule has 1 atom stereocenters. The van der Waals surface area contributed by atoms with Crippen molar-refractivity contribution in [3.05, 3.63) is 22.2 Å². The summed E-state index contributed by atoms with van der Waals surface area (Å²) in [6, 6.07) is 2.33. The fourth-order valence-electron chi connectivity index (χ4n) is 1.84. The standard InChI is InChI=1S/C14H18BrNO10/c1-7(25-6-17)26-12(18)16-14(21,22)13(19,20)8-4-11(24-3)9(15)5-10(8)23-2/h4-7,19-22H,1-3H3,(H,16,18). The van der Waals surface area contributed by atoms with E-state index in [0.29, 0.717) is 4.47 Å². The molecule has 0 bridgehead atoms. The maximum atomic E-state index is 11.6. The second-order valence-corrected chi connectivity index (χ2v) is 5.72. The van der Waals surface area contributed by atoms with Gasteiger partial charge in [0.15, 0.2) is 0 Å². The van der Waals surface area contributed by atoms with E-state index in [1.807, 2.05) is 0 Å². The highest BCUT2D eigenvalue weighted by molar-refractivity contribution is 9.10. The number of rotatable bonds is 8. The van der Waals surface area contributed by atoms with Gasteiger partial charge in [0.1, 0.15) is 11.5 Å². The van der Waals surface area contributed by atoms with Gasteiger partial charge >= 0.3 is 12.0 Å². The summed E-state index contributed by atoms with van der Waals surface area (Å²) in [5.41, 5.74) is -0.539. The van der Waals surface area contributed by atoms with Crippen LogP contribution in [0.15, 0.2) is 16.6 Å². The number of methoxy groups -OCH3 is 2. The van der Waals surface area contributed by atoms with E-state index in [2.05, 4.69) is 25.4 Å². The zero-order chi connectivity index (χ0) is 20.1. The van der Waals surface area contributed by atoms with Crippen LogP contribution in [0, 0.1) is 0 Å². The van der Waals surface area contributed by atoms with Crippen molar-refractivity contribution in [2.75, 3.05) is 14.2 Å². The van der Waals surface area contributed by atoms with Gasteiger partial charge in [-0.1, -0.05) is 0 Å². The molecule has 0 aliphatic heterocycles. The molecule has 0 aromatic heterocycles. The summed E-state index contributed by atoms with van der Waals surface area (Å²) in [7, 11) is 2.49. The van der Waals surface area contributed by atoms with Crippen LogP contribution in [0.3, 0.4) is 0 Å². The number of ether oxygens (including phenoxy) is 4. The molecule has 146 valence electrons. The molecule has 0 fully saturated rings. The summed E-state index contributed by atoms with van der Waals surface area (Å²) in [6.45, 7) is 1.17. The van der Waals surface area contributed by atoms with Gasteiger partial charge in [-0.25, -0.2) is 4.79 Å². The fraction of sp³-hybridized carbons (Fsp3) is 0.429. The van der Waals surface area contributed by atoms with Crippen molar-refractivity contribution in [2.45, 2.75) is 24.9 Å². The Kier molecular flexibility index (Phi) is 7.17. The number of carbonyl (C=O) groups is 2. The van der Waals surface area contributed by atoms with Crippen molar-refractivity contribution in [3.8, 4) is 11.5 Å². The van der Waals surface area contributed by atoms with Crippen LogP contribution in [0.5, 0.6) is 11.5 Å². The molecule has 0 heterocycles. The first-order chi connectivity index (χ1) is 12.0. The lowest BCUT2D eigenvalue weighted by molar-refractivity contribution is -0.375. The number of hydrogen-bond acceptors (Lipinski definition) is 10. The van der Waals surface area contributed by atoms with E-state index in [4.69, 9.17) is 9.47 Å². The van der Waals surface area contributed by atoms with Crippen LogP contribution in [0.25, 0.3) is 0 Å². The first-order valence-electron chi connectivity index (χ1n) is 6.89. The molecule has 1 aromatic carbocycles. The van der Waals surface area contributed by atoms with Gasteiger partial charge in [-0.15, -0.1) is 0 Å². The Balaban J connectivity index is 3.18. The Bertz CT molecular complexity index is 663. The lowest BCUT2D eigenvalue weighted by Crippen LogP contribution is -2.63. The highest BCUT2D eigenvalue weighted by Gasteiger charge is 2.53. The molecular weight excluding hydrogens is 422 g/mol. The average Bonchev–Trinajstić information content (AvgIpc) is 2.53. The first kappa shape index (κ1) is 21.9. The molecule has 0 radical (unpaired) electrons. The van der Waals surface area contributed by atoms with Crippen LogP contribution < -0.4 is 14.8 Å². The van der Waals surface area contributed by atoms with Gasteiger partial charge in [-0.3, -0.25) is 10.1 Å². The Labute approximate surface area is 156 Å². The van der Waals surface area contributed by atoms with Crippen LogP contribution in [0.4, 0.5) is 4.79 Å². The molecule has 26 heavy (non-hydrogen) atoms. The normalized spacial score (nSPS) is 12.8. The van der Waals surface area contributed by atoms with E-state index >= 15 is 0 Å². The van der Waals surface area contributed by atoms with E-state index in [1.54, 1.807) is 0 Å². The summed E-state index contributed by atoms with van der Waals surface area (Å²) < 4.78 is 19.1. The highest BCUT2D eigenvalue weighted by atomic mass is 79.9. The summed E-state index contributed by atoms with van der Waals surface area (Å²) in [4.78, 5) is 21.8. The maximum absolute atomic E-state index is 11.6. The second-order valence-electron chi connectivity index (χ2n) is 4.86. The maximum Gasteiger partial charge on any atom is 0.414 e. The number of nitrogens with one attached hydrogen (secondary N) is 1. The van der Waals surface area contributed by atoms with E-state index in [9.17, 15) is 30.0 Å². The molecule has 0 saturated carbocycles. The lowest BCUT2D eigenvalue weighted by atomic mass is 10.0. The molecule has 5 N–H and O–H groups in total. The van der Waals surface area contributed by atoms with E-state index < -0.39 is 29.6 Å². The van der Waals surface area contributed by atoms with Crippen LogP contribution in [0.2, 0.25) is 0 Å². The minimum Gasteiger partial charge on any atom is -0.496 e. The third-order valence-electron chi connectivity index (χ3n) is 3.13. The summed E-state index contributed by atoms with van der Waals surface area (Å²) in [6.07, 6.45) is -2.88. The fourth-order valence-corrected chi connectivity index (χ4v) is 2.32. The number of alkyl carbamates (subject to hydrolysis) is 1. The molecule has 12 heteroatoms. The van der Waals surface area contributed by atoms with Gasteiger partial charge in [0.2, 0.25) is 6.29 Å². The number of aliphatic hydroxyl groups is 4. The minimum atomic E-state index is -3.63. The van der Waals surface area contributed by atoms with Crippen molar-refractivity contribution < 1.29 is 49.0 Å². The Morgan fingerprint density at radius 2 is 1.77 bits per heavy atom. The summed E-state index contributed by atoms with van der Waals surface area (Å²) >= 11 is 3.16. The number of benzene rings is 1. The quantitative estimate of drug-likeness (QED) is 0.263. The molecule has 0 aliphatic carbocycles. The van der Waals surface area contributed by atoms with Gasteiger partial charge in [-0.05, 0) is 28.1 Å². The summed E-state index contributed by atoms with van der Waals surface area (Å²) in [5.74, 6) is -7.14. The van der Waals surface area contributed by atoms with Gasteiger partial charge in [-0.2, -0.15) is 0 Å². The van der Waals surface area contributed by atoms with Crippen molar-refractivity contribution in [2.24, 2.45) is 0 Å². The molecule has 1 aromatic rings. The summed E-state index contributed by atoms with van der Waals surface area (Å²) in [5, 5.41) is 41.9. The van der Waals surface area contributed by atoms with Crippen LogP contribution in [-0.4, -0.2) is 59.4 Å². The van der Waals surface area contributed by atoms with Crippen molar-refractivity contribution >= 4 is 28.5 Å². The minimum absolute atomic E-state index is 0.00441. The van der Waals surface area contributed by atoms with Crippen molar-refractivity contribution in [3.63, 3.8) is 0 Å². The number of carbonyl (C=O) groups excluding carboxylic acids is 2. The number of hydrogen-bond donors (Lipinski definition) is 5. The second kappa shape index (κ2) is 8.51. The van der Waals surface area contributed by atoms with E-state index in [-0.39, 0.29) is 18.0 Å². The van der Waals surface area contributed by atoms with Crippen LogP contribution in [-0.2, 0) is 20.1 Å². The Morgan fingerprint density at radius 1 is 1.19 bits per heavy atom. The average molecular weight is 440 g/mol. The molecule has 1 unspecified atom stereocenters. The Hall–Kier alpha value is -2.12. The predicted molar refractivity (Wildman–Crippen MR) is 86.8 cm³/mol. The third kappa shape index (κ3) is 4.74. The molecule has 11 nitrogen and oxygen atoms in total. The zero-order valence-corrected chi connectivity index (χ0v) is 15.5. The third-order valence-corrected chi connectivity index (χ3v) is 3.75. The first-order valence-corrected chi connectivity index (χ1v) is 7.68. The van der Waals surface area contributed by atoms with Gasteiger partial charge in [0, 0.05) is 6.92 Å². The molecule has 1 amide bonds. The molecular formula is C14H18BrNO10. The van der Waals surface area contributed by atoms with Gasteiger partial charge < -0.3 is 39.4 Å². The van der Waals surface area contributed by atoms with E-state index in [1.165, 1.54) is 25.6 Å². The van der Waals surface area contributed by atoms with Gasteiger partial charge in [0.05, 0.1) is 24.3 Å². The SMILES string of the molecule is COc1cc(C(O)(O)C(O)(O)NC(=O)OC(C)OC=O)c(OC)cc1Br. The lowest BCUT2D eigenvalue weighted by Gasteiger charge is -2.35.